The number of hydrogen-bond donors (Lipinski definition) is 1. The number of anilines is 1. The molecule has 2 aliphatic rings. The van der Waals surface area contributed by atoms with E-state index >= 15 is 0 Å². The molecule has 17 heavy (non-hydrogen) atoms. The monoisotopic (exact) mass is 232 g/mol. The summed E-state index contributed by atoms with van der Waals surface area (Å²) in [6, 6.07) is 0.732. The van der Waals surface area contributed by atoms with Crippen LogP contribution in [0.4, 0.5) is 5.82 Å². The normalized spacial score (nSPS) is 20.6. The van der Waals surface area contributed by atoms with Crippen LogP contribution in [0.15, 0.2) is 12.4 Å². The lowest BCUT2D eigenvalue weighted by Crippen LogP contribution is -2.30. The molecule has 0 bridgehead atoms. The molecule has 2 heterocycles. The van der Waals surface area contributed by atoms with E-state index in [2.05, 4.69) is 15.2 Å². The summed E-state index contributed by atoms with van der Waals surface area (Å²) < 4.78 is 0. The predicted molar refractivity (Wildman–Crippen MR) is 68.0 cm³/mol. The van der Waals surface area contributed by atoms with E-state index in [0.717, 1.165) is 37.2 Å². The fourth-order valence-corrected chi connectivity index (χ4v) is 2.29. The molecular formula is C13H20N4. The van der Waals surface area contributed by atoms with E-state index in [1.165, 1.54) is 32.1 Å². The molecule has 1 aliphatic heterocycles. The predicted octanol–water partition coefficient (Wildman–Crippen LogP) is 1.72. The summed E-state index contributed by atoms with van der Waals surface area (Å²) in [5.41, 5.74) is 1.07. The first-order valence-corrected chi connectivity index (χ1v) is 6.71. The highest BCUT2D eigenvalue weighted by Gasteiger charge is 2.20. The first-order valence-electron chi connectivity index (χ1n) is 6.71. The number of nitrogens with zero attached hydrogens (tertiary/aromatic N) is 3. The number of nitrogens with one attached hydrogen (secondary N) is 1. The molecule has 92 valence electrons. The van der Waals surface area contributed by atoms with Gasteiger partial charge in [-0.3, -0.25) is 4.98 Å². The molecule has 1 saturated carbocycles. The Labute approximate surface area is 102 Å². The minimum absolute atomic E-state index is 0.732. The van der Waals surface area contributed by atoms with Crippen molar-refractivity contribution in [3.05, 3.63) is 18.1 Å². The highest BCUT2D eigenvalue weighted by atomic mass is 15.2. The maximum absolute atomic E-state index is 4.70. The lowest BCUT2D eigenvalue weighted by atomic mass is 10.1. The molecule has 1 aliphatic carbocycles. The minimum atomic E-state index is 0.732. The molecule has 2 fully saturated rings. The van der Waals surface area contributed by atoms with Crippen LogP contribution >= 0.6 is 0 Å². The molecule has 0 aromatic carbocycles. The number of piperidine rings is 1. The average Bonchev–Trinajstić information content (AvgIpc) is 3.22. The molecule has 0 atom stereocenters. The molecule has 1 aromatic heterocycles. The fourth-order valence-electron chi connectivity index (χ4n) is 2.29. The molecule has 1 saturated heterocycles. The van der Waals surface area contributed by atoms with Crippen LogP contribution in [-0.4, -0.2) is 29.1 Å². The second-order valence-corrected chi connectivity index (χ2v) is 5.07. The number of rotatable bonds is 4. The average molecular weight is 232 g/mol. The Morgan fingerprint density at radius 3 is 2.76 bits per heavy atom. The highest BCUT2D eigenvalue weighted by molar-refractivity contribution is 5.36. The lowest BCUT2D eigenvalue weighted by Gasteiger charge is -2.27. The van der Waals surface area contributed by atoms with Gasteiger partial charge in [0.1, 0.15) is 5.82 Å². The van der Waals surface area contributed by atoms with Crippen molar-refractivity contribution in [3.8, 4) is 0 Å². The van der Waals surface area contributed by atoms with Gasteiger partial charge in [0, 0.05) is 31.9 Å². The molecule has 0 spiro atoms. The van der Waals surface area contributed by atoms with Gasteiger partial charge in [0.2, 0.25) is 0 Å². The van der Waals surface area contributed by atoms with Gasteiger partial charge in [-0.05, 0) is 32.1 Å². The maximum atomic E-state index is 4.70. The van der Waals surface area contributed by atoms with Crippen LogP contribution in [0.5, 0.6) is 0 Å². The summed E-state index contributed by atoms with van der Waals surface area (Å²) >= 11 is 0. The Bertz CT molecular complexity index is 369. The second-order valence-electron chi connectivity index (χ2n) is 5.07. The summed E-state index contributed by atoms with van der Waals surface area (Å²) in [6.45, 7) is 3.13. The van der Waals surface area contributed by atoms with Crippen molar-refractivity contribution in [3.63, 3.8) is 0 Å². The fraction of sp³-hybridized carbons (Fsp3) is 0.692. The number of aromatic nitrogens is 2. The van der Waals surface area contributed by atoms with Crippen LogP contribution in [0.1, 0.15) is 37.8 Å². The molecule has 4 nitrogen and oxygen atoms in total. The standard InChI is InChI=1S/C13H20N4/c1-2-6-17(7-3-1)13-10-14-8-12(16-13)9-15-11-4-5-11/h8,10-11,15H,1-7,9H2. The van der Waals surface area contributed by atoms with Crippen molar-refractivity contribution in [2.45, 2.75) is 44.7 Å². The zero-order valence-electron chi connectivity index (χ0n) is 10.2. The molecule has 3 rings (SSSR count). The van der Waals surface area contributed by atoms with Crippen LogP contribution in [0.3, 0.4) is 0 Å². The van der Waals surface area contributed by atoms with Crippen molar-refractivity contribution in [2.75, 3.05) is 18.0 Å². The number of hydrogen-bond acceptors (Lipinski definition) is 4. The third kappa shape index (κ3) is 2.94. The zero-order chi connectivity index (χ0) is 11.5. The van der Waals surface area contributed by atoms with Gasteiger partial charge in [0.05, 0.1) is 11.9 Å². The van der Waals surface area contributed by atoms with Crippen LogP contribution in [0.25, 0.3) is 0 Å². The van der Waals surface area contributed by atoms with E-state index in [-0.39, 0.29) is 0 Å². The van der Waals surface area contributed by atoms with E-state index in [4.69, 9.17) is 4.98 Å². The minimum Gasteiger partial charge on any atom is -0.355 e. The first kappa shape index (κ1) is 11.0. The van der Waals surface area contributed by atoms with E-state index in [0.29, 0.717) is 0 Å². The summed E-state index contributed by atoms with van der Waals surface area (Å²) in [5, 5.41) is 3.48. The maximum Gasteiger partial charge on any atom is 0.147 e. The molecule has 0 amide bonds. The van der Waals surface area contributed by atoms with Crippen molar-refractivity contribution in [2.24, 2.45) is 0 Å². The summed E-state index contributed by atoms with van der Waals surface area (Å²) in [6.07, 6.45) is 10.3. The Hall–Kier alpha value is -1.16. The Balaban J connectivity index is 1.64. The third-order valence-corrected chi connectivity index (χ3v) is 3.50. The van der Waals surface area contributed by atoms with E-state index in [9.17, 15) is 0 Å². The summed E-state index contributed by atoms with van der Waals surface area (Å²) in [4.78, 5) is 11.4. The van der Waals surface area contributed by atoms with E-state index in [1.807, 2.05) is 12.4 Å². The van der Waals surface area contributed by atoms with Gasteiger partial charge in [0.25, 0.3) is 0 Å². The second kappa shape index (κ2) is 5.00. The Morgan fingerprint density at radius 2 is 2.00 bits per heavy atom. The molecule has 0 unspecified atom stereocenters. The zero-order valence-corrected chi connectivity index (χ0v) is 10.2. The molecular weight excluding hydrogens is 212 g/mol. The molecule has 0 radical (unpaired) electrons. The quantitative estimate of drug-likeness (QED) is 0.858. The molecule has 1 N–H and O–H groups in total. The summed E-state index contributed by atoms with van der Waals surface area (Å²) in [7, 11) is 0. The van der Waals surface area contributed by atoms with Crippen molar-refractivity contribution in [1.29, 1.82) is 0 Å². The lowest BCUT2D eigenvalue weighted by molar-refractivity contribution is 0.570. The van der Waals surface area contributed by atoms with Crippen LogP contribution in [0.2, 0.25) is 0 Å². The topological polar surface area (TPSA) is 41.1 Å². The Morgan fingerprint density at radius 1 is 1.18 bits per heavy atom. The van der Waals surface area contributed by atoms with Gasteiger partial charge < -0.3 is 10.2 Å². The van der Waals surface area contributed by atoms with Gasteiger partial charge >= 0.3 is 0 Å². The van der Waals surface area contributed by atoms with Crippen molar-refractivity contribution in [1.82, 2.24) is 15.3 Å². The van der Waals surface area contributed by atoms with Crippen molar-refractivity contribution < 1.29 is 0 Å². The van der Waals surface area contributed by atoms with Gasteiger partial charge in [-0.25, -0.2) is 4.98 Å². The third-order valence-electron chi connectivity index (χ3n) is 3.50. The van der Waals surface area contributed by atoms with Crippen molar-refractivity contribution >= 4 is 5.82 Å². The Kier molecular flexibility index (Phi) is 3.22. The van der Waals surface area contributed by atoms with Gasteiger partial charge in [-0.15, -0.1) is 0 Å². The summed E-state index contributed by atoms with van der Waals surface area (Å²) in [5.74, 6) is 1.06. The van der Waals surface area contributed by atoms with E-state index < -0.39 is 0 Å². The van der Waals surface area contributed by atoms with Crippen LogP contribution < -0.4 is 10.2 Å². The first-order chi connectivity index (χ1) is 8.42. The smallest absolute Gasteiger partial charge is 0.147 e. The highest BCUT2D eigenvalue weighted by Crippen LogP contribution is 2.20. The van der Waals surface area contributed by atoms with Crippen LogP contribution in [-0.2, 0) is 6.54 Å². The van der Waals surface area contributed by atoms with Gasteiger partial charge in [-0.1, -0.05) is 0 Å². The largest absolute Gasteiger partial charge is 0.355 e. The molecule has 1 aromatic rings. The van der Waals surface area contributed by atoms with Gasteiger partial charge in [0.15, 0.2) is 0 Å². The van der Waals surface area contributed by atoms with E-state index in [1.54, 1.807) is 0 Å². The SMILES string of the molecule is c1ncc(N2CCCCC2)nc1CNC1CC1. The molecule has 4 heteroatoms. The van der Waals surface area contributed by atoms with Crippen LogP contribution in [0, 0.1) is 0 Å². The van der Waals surface area contributed by atoms with Gasteiger partial charge in [-0.2, -0.15) is 0 Å².